The maximum atomic E-state index is 13.6. The molecule has 178 valence electrons. The summed E-state index contributed by atoms with van der Waals surface area (Å²) in [4.78, 5) is 22.2. The number of carbonyl (C=O) groups is 1. The number of hydrogen-bond acceptors (Lipinski definition) is 5. The Balaban J connectivity index is 1.37. The molecule has 1 fully saturated rings. The molecular formula is C25H35ClN6O. The van der Waals surface area contributed by atoms with Gasteiger partial charge in [-0.05, 0) is 39.4 Å². The molecule has 0 aliphatic carbocycles. The molecule has 0 radical (unpaired) electrons. The molecule has 8 heteroatoms. The molecule has 3 unspecified atom stereocenters. The fourth-order valence-electron chi connectivity index (χ4n) is 5.44. The quantitative estimate of drug-likeness (QED) is 0.645. The van der Waals surface area contributed by atoms with Crippen LogP contribution in [0.2, 0.25) is 0 Å². The first-order chi connectivity index (χ1) is 15.7. The molecule has 3 aliphatic rings. The van der Waals surface area contributed by atoms with Crippen molar-refractivity contribution >= 4 is 23.3 Å². The van der Waals surface area contributed by atoms with E-state index in [0.29, 0.717) is 13.1 Å². The van der Waals surface area contributed by atoms with Crippen LogP contribution in [0.5, 0.6) is 0 Å². The van der Waals surface area contributed by atoms with Crippen LogP contribution in [0.3, 0.4) is 0 Å². The molecule has 7 nitrogen and oxygen atoms in total. The maximum absolute atomic E-state index is 13.6. The van der Waals surface area contributed by atoms with E-state index in [2.05, 4.69) is 60.3 Å². The summed E-state index contributed by atoms with van der Waals surface area (Å²) in [6, 6.07) is 8.33. The number of hydrogen-bond donors (Lipinski definition) is 0. The Hall–Kier alpha value is -2.09. The van der Waals surface area contributed by atoms with Crippen molar-refractivity contribution in [1.82, 2.24) is 24.5 Å². The third-order valence-corrected chi connectivity index (χ3v) is 8.83. The standard InChI is InChI=1S/C25H35ClN6O/c1-17-25(3,26)18(2)32-23(29(17)5)21-15-31(16-22(21)27-32)24(33)20-9-7-6-8-19(20)14-30-12-10-28(4)11-13-30/h6-9,17-18H,10-16H2,1-5H3. The zero-order chi connectivity index (χ0) is 23.5. The highest BCUT2D eigenvalue weighted by molar-refractivity contribution is 6.25. The predicted molar refractivity (Wildman–Crippen MR) is 132 cm³/mol. The van der Waals surface area contributed by atoms with Crippen molar-refractivity contribution in [3.8, 4) is 0 Å². The van der Waals surface area contributed by atoms with Gasteiger partial charge in [-0.1, -0.05) is 18.2 Å². The minimum absolute atomic E-state index is 0.0828. The van der Waals surface area contributed by atoms with Crippen molar-refractivity contribution in [3.05, 3.63) is 46.6 Å². The molecular weight excluding hydrogens is 436 g/mol. The molecule has 4 heterocycles. The van der Waals surface area contributed by atoms with Gasteiger partial charge >= 0.3 is 0 Å². The summed E-state index contributed by atoms with van der Waals surface area (Å²) < 4.78 is 2.07. The molecule has 0 spiro atoms. The molecule has 0 saturated carbocycles. The second-order valence-corrected chi connectivity index (χ2v) is 11.0. The fraction of sp³-hybridized carbons (Fsp3) is 0.600. The van der Waals surface area contributed by atoms with Gasteiger partial charge in [-0.25, -0.2) is 4.68 Å². The lowest BCUT2D eigenvalue weighted by Crippen LogP contribution is -2.54. The number of carbonyl (C=O) groups excluding carboxylic acids is 1. The van der Waals surface area contributed by atoms with Crippen LogP contribution in [-0.4, -0.2) is 81.6 Å². The van der Waals surface area contributed by atoms with Crippen LogP contribution in [0.25, 0.3) is 0 Å². The molecule has 0 N–H and O–H groups in total. The van der Waals surface area contributed by atoms with E-state index in [4.69, 9.17) is 16.7 Å². The Morgan fingerprint density at radius 3 is 2.52 bits per heavy atom. The van der Waals surface area contributed by atoms with E-state index in [1.54, 1.807) is 0 Å². The zero-order valence-electron chi connectivity index (χ0n) is 20.4. The number of amides is 1. The first-order valence-corrected chi connectivity index (χ1v) is 12.4. The van der Waals surface area contributed by atoms with Crippen LogP contribution in [0, 0.1) is 0 Å². The van der Waals surface area contributed by atoms with Gasteiger partial charge in [0.15, 0.2) is 0 Å². The largest absolute Gasteiger partial charge is 0.355 e. The Morgan fingerprint density at radius 2 is 1.79 bits per heavy atom. The molecule has 1 aromatic heterocycles. The van der Waals surface area contributed by atoms with Gasteiger partial charge in [-0.3, -0.25) is 9.69 Å². The van der Waals surface area contributed by atoms with Gasteiger partial charge in [0.05, 0.1) is 29.7 Å². The van der Waals surface area contributed by atoms with Crippen molar-refractivity contribution in [2.24, 2.45) is 0 Å². The van der Waals surface area contributed by atoms with Gasteiger partial charge in [0, 0.05) is 56.9 Å². The molecule has 1 saturated heterocycles. The lowest BCUT2D eigenvalue weighted by molar-refractivity contribution is 0.0744. The number of nitrogens with zero attached hydrogens (tertiary/aromatic N) is 6. The predicted octanol–water partition coefficient (Wildman–Crippen LogP) is 3.18. The molecule has 5 rings (SSSR count). The molecule has 2 aromatic rings. The number of rotatable bonds is 3. The van der Waals surface area contributed by atoms with Gasteiger partial charge in [0.25, 0.3) is 5.91 Å². The monoisotopic (exact) mass is 470 g/mol. The Labute approximate surface area is 201 Å². The highest BCUT2D eigenvalue weighted by atomic mass is 35.5. The number of piperazine rings is 1. The van der Waals surface area contributed by atoms with Gasteiger partial charge in [-0.15, -0.1) is 11.6 Å². The van der Waals surface area contributed by atoms with Crippen molar-refractivity contribution in [2.45, 2.75) is 57.4 Å². The summed E-state index contributed by atoms with van der Waals surface area (Å²) in [5.41, 5.74) is 4.08. The Morgan fingerprint density at radius 1 is 1.09 bits per heavy atom. The van der Waals surface area contributed by atoms with Crippen molar-refractivity contribution in [2.75, 3.05) is 45.2 Å². The minimum Gasteiger partial charge on any atom is -0.355 e. The summed E-state index contributed by atoms with van der Waals surface area (Å²) >= 11 is 6.91. The summed E-state index contributed by atoms with van der Waals surface area (Å²) in [6.45, 7) is 12.6. The number of anilines is 1. The summed E-state index contributed by atoms with van der Waals surface area (Å²) in [7, 11) is 4.25. The Kier molecular flexibility index (Phi) is 5.70. The average molecular weight is 471 g/mol. The minimum atomic E-state index is -0.404. The zero-order valence-corrected chi connectivity index (χ0v) is 21.1. The molecule has 33 heavy (non-hydrogen) atoms. The third kappa shape index (κ3) is 3.74. The lowest BCUT2D eigenvalue weighted by Gasteiger charge is -2.46. The van der Waals surface area contributed by atoms with Gasteiger partial charge in [-0.2, -0.15) is 5.10 Å². The smallest absolute Gasteiger partial charge is 0.254 e. The summed E-state index contributed by atoms with van der Waals surface area (Å²) in [5.74, 6) is 1.20. The average Bonchev–Trinajstić information content (AvgIpc) is 3.36. The number of fused-ring (bicyclic) bond motifs is 3. The first-order valence-electron chi connectivity index (χ1n) is 12.0. The maximum Gasteiger partial charge on any atom is 0.254 e. The number of benzene rings is 1. The van der Waals surface area contributed by atoms with E-state index in [9.17, 15) is 4.79 Å². The van der Waals surface area contributed by atoms with E-state index in [0.717, 1.165) is 60.9 Å². The number of alkyl halides is 1. The van der Waals surface area contributed by atoms with Gasteiger partial charge in [0.2, 0.25) is 0 Å². The molecule has 3 atom stereocenters. The van der Waals surface area contributed by atoms with E-state index >= 15 is 0 Å². The van der Waals surface area contributed by atoms with Crippen molar-refractivity contribution < 1.29 is 4.79 Å². The van der Waals surface area contributed by atoms with E-state index in [1.807, 2.05) is 23.1 Å². The molecule has 1 aromatic carbocycles. The Bertz CT molecular complexity index is 1060. The van der Waals surface area contributed by atoms with Crippen LogP contribution >= 0.6 is 11.6 Å². The molecule has 3 aliphatic heterocycles. The molecule has 1 amide bonds. The number of halogens is 1. The van der Waals surface area contributed by atoms with Crippen LogP contribution < -0.4 is 4.90 Å². The fourth-order valence-corrected chi connectivity index (χ4v) is 5.68. The van der Waals surface area contributed by atoms with Gasteiger partial charge in [0.1, 0.15) is 5.82 Å². The summed E-state index contributed by atoms with van der Waals surface area (Å²) in [5, 5.41) is 4.93. The van der Waals surface area contributed by atoms with Gasteiger partial charge < -0.3 is 14.7 Å². The second-order valence-electron chi connectivity index (χ2n) is 10.2. The molecule has 0 bridgehead atoms. The highest BCUT2D eigenvalue weighted by Gasteiger charge is 2.47. The van der Waals surface area contributed by atoms with Crippen LogP contribution in [-0.2, 0) is 19.6 Å². The van der Waals surface area contributed by atoms with Crippen LogP contribution in [0.4, 0.5) is 5.82 Å². The number of aromatic nitrogens is 2. The lowest BCUT2D eigenvalue weighted by atomic mass is 9.91. The topological polar surface area (TPSA) is 47.9 Å². The summed E-state index contributed by atoms with van der Waals surface area (Å²) in [6.07, 6.45) is 0. The van der Waals surface area contributed by atoms with Crippen molar-refractivity contribution in [3.63, 3.8) is 0 Å². The van der Waals surface area contributed by atoms with Crippen LogP contribution in [0.1, 0.15) is 54.0 Å². The van der Waals surface area contributed by atoms with E-state index in [-0.39, 0.29) is 18.0 Å². The third-order valence-electron chi connectivity index (χ3n) is 8.19. The normalized spacial score (nSPS) is 28.2. The van der Waals surface area contributed by atoms with E-state index in [1.165, 1.54) is 0 Å². The van der Waals surface area contributed by atoms with E-state index < -0.39 is 4.87 Å². The highest BCUT2D eigenvalue weighted by Crippen LogP contribution is 2.46. The second kappa shape index (κ2) is 8.29. The SMILES string of the molecule is CC1N(C)c2c3c(nn2C(C)C1(C)Cl)CN(C(=O)c1ccccc1CN1CCN(C)CC1)C3. The first kappa shape index (κ1) is 22.7. The van der Waals surface area contributed by atoms with Crippen LogP contribution in [0.15, 0.2) is 24.3 Å². The number of likely N-dealkylation sites (N-methyl/N-ethyl adjacent to an activating group) is 1. The van der Waals surface area contributed by atoms with Crippen molar-refractivity contribution in [1.29, 1.82) is 0 Å².